The molecular weight excluding hydrogens is 254 g/mol. The maximum atomic E-state index is 11.5. The van der Waals surface area contributed by atoms with Crippen molar-refractivity contribution in [3.05, 3.63) is 22.5 Å². The molecule has 100 valence electrons. The lowest BCUT2D eigenvalue weighted by molar-refractivity contribution is -0.117. The van der Waals surface area contributed by atoms with E-state index in [4.69, 9.17) is 11.6 Å². The zero-order chi connectivity index (χ0) is 13.9. The quantitative estimate of drug-likeness (QED) is 0.811. The lowest BCUT2D eigenvalue weighted by atomic mass is 10.1. The second-order valence-electron chi connectivity index (χ2n) is 4.78. The van der Waals surface area contributed by atoms with E-state index in [0.29, 0.717) is 5.15 Å². The Morgan fingerprint density at radius 3 is 2.67 bits per heavy atom. The van der Waals surface area contributed by atoms with Crippen LogP contribution in [0.3, 0.4) is 0 Å². The fraction of sp³-hybridized carbons (Fsp3) is 0.500. The summed E-state index contributed by atoms with van der Waals surface area (Å²) in [5.41, 5.74) is 0.553. The van der Waals surface area contributed by atoms with E-state index in [2.05, 4.69) is 10.4 Å². The second kappa shape index (κ2) is 5.54. The normalized spacial score (nSPS) is 12.1. The monoisotopic (exact) mass is 271 g/mol. The summed E-state index contributed by atoms with van der Waals surface area (Å²) < 4.78 is 1.55. The lowest BCUT2D eigenvalue weighted by Crippen LogP contribution is -2.37. The van der Waals surface area contributed by atoms with Gasteiger partial charge < -0.3 is 10.4 Å². The van der Waals surface area contributed by atoms with Crippen LogP contribution in [0.25, 0.3) is 6.08 Å². The number of aromatic nitrogens is 2. The van der Waals surface area contributed by atoms with Crippen molar-refractivity contribution >= 4 is 23.6 Å². The molecule has 0 radical (unpaired) electrons. The average Bonchev–Trinajstić information content (AvgIpc) is 2.47. The zero-order valence-corrected chi connectivity index (χ0v) is 11.7. The summed E-state index contributed by atoms with van der Waals surface area (Å²) in [6, 6.07) is 0. The van der Waals surface area contributed by atoms with Crippen molar-refractivity contribution in [3.8, 4) is 0 Å². The number of aryl methyl sites for hydroxylation is 2. The third-order valence-electron chi connectivity index (χ3n) is 2.29. The summed E-state index contributed by atoms with van der Waals surface area (Å²) in [5, 5.41) is 16.7. The molecular formula is C12H18ClN3O2. The molecule has 0 unspecified atom stereocenters. The summed E-state index contributed by atoms with van der Waals surface area (Å²) in [6.07, 6.45) is 2.99. The number of carbonyl (C=O) groups is 1. The molecule has 0 saturated carbocycles. The van der Waals surface area contributed by atoms with Gasteiger partial charge in [-0.05, 0) is 26.8 Å². The van der Waals surface area contributed by atoms with Gasteiger partial charge in [-0.2, -0.15) is 5.10 Å². The minimum absolute atomic E-state index is 0.190. The van der Waals surface area contributed by atoms with E-state index in [9.17, 15) is 9.90 Å². The smallest absolute Gasteiger partial charge is 0.244 e. The molecule has 1 heterocycles. The first-order valence-electron chi connectivity index (χ1n) is 5.58. The van der Waals surface area contributed by atoms with E-state index in [-0.39, 0.29) is 12.5 Å². The molecule has 0 saturated heterocycles. The number of amides is 1. The van der Waals surface area contributed by atoms with Crippen molar-refractivity contribution in [1.29, 1.82) is 0 Å². The largest absolute Gasteiger partial charge is 0.389 e. The fourth-order valence-corrected chi connectivity index (χ4v) is 1.59. The van der Waals surface area contributed by atoms with Gasteiger partial charge in [0.2, 0.25) is 5.91 Å². The van der Waals surface area contributed by atoms with Crippen LogP contribution in [0.2, 0.25) is 5.15 Å². The topological polar surface area (TPSA) is 67.2 Å². The molecule has 1 aromatic rings. The van der Waals surface area contributed by atoms with E-state index in [0.717, 1.165) is 11.3 Å². The van der Waals surface area contributed by atoms with Crippen LogP contribution >= 0.6 is 11.6 Å². The van der Waals surface area contributed by atoms with Gasteiger partial charge in [0.15, 0.2) is 0 Å². The third-order valence-corrected chi connectivity index (χ3v) is 2.74. The Morgan fingerprint density at radius 2 is 2.22 bits per heavy atom. The molecule has 0 aliphatic rings. The SMILES string of the molecule is Cc1nn(C)c(Cl)c1C=CC(=O)NCC(C)(C)O. The summed E-state index contributed by atoms with van der Waals surface area (Å²) in [7, 11) is 1.74. The molecule has 5 nitrogen and oxygen atoms in total. The molecule has 2 N–H and O–H groups in total. The van der Waals surface area contributed by atoms with Crippen LogP contribution < -0.4 is 5.32 Å². The Bertz CT molecular complexity index is 472. The zero-order valence-electron chi connectivity index (χ0n) is 11.0. The van der Waals surface area contributed by atoms with Gasteiger partial charge in [0.25, 0.3) is 0 Å². The average molecular weight is 272 g/mol. The molecule has 0 atom stereocenters. The maximum Gasteiger partial charge on any atom is 0.244 e. The van der Waals surface area contributed by atoms with Gasteiger partial charge in [-0.25, -0.2) is 0 Å². The number of rotatable bonds is 4. The number of hydrogen-bond acceptors (Lipinski definition) is 3. The predicted octanol–water partition coefficient (Wildman–Crippen LogP) is 1.28. The van der Waals surface area contributed by atoms with Gasteiger partial charge in [0.1, 0.15) is 5.15 Å². The van der Waals surface area contributed by atoms with Crippen LogP contribution in [0, 0.1) is 6.92 Å². The van der Waals surface area contributed by atoms with Crippen molar-refractivity contribution < 1.29 is 9.90 Å². The van der Waals surface area contributed by atoms with Crippen LogP contribution in [0.4, 0.5) is 0 Å². The molecule has 0 fully saturated rings. The molecule has 0 aliphatic carbocycles. The van der Waals surface area contributed by atoms with E-state index >= 15 is 0 Å². The third kappa shape index (κ3) is 4.16. The maximum absolute atomic E-state index is 11.5. The highest BCUT2D eigenvalue weighted by atomic mass is 35.5. The Morgan fingerprint density at radius 1 is 1.61 bits per heavy atom. The van der Waals surface area contributed by atoms with Gasteiger partial charge in [0, 0.05) is 25.2 Å². The lowest BCUT2D eigenvalue weighted by Gasteiger charge is -2.16. The molecule has 0 aliphatic heterocycles. The van der Waals surface area contributed by atoms with Gasteiger partial charge in [-0.3, -0.25) is 9.48 Å². The Balaban J connectivity index is 2.67. The van der Waals surface area contributed by atoms with E-state index < -0.39 is 5.60 Å². The molecule has 0 aromatic carbocycles. The van der Waals surface area contributed by atoms with Crippen molar-refractivity contribution in [2.75, 3.05) is 6.54 Å². The summed E-state index contributed by atoms with van der Waals surface area (Å²) in [5.74, 6) is -0.281. The predicted molar refractivity (Wildman–Crippen MR) is 71.3 cm³/mol. The minimum Gasteiger partial charge on any atom is -0.389 e. The number of carbonyl (C=O) groups excluding carboxylic acids is 1. The van der Waals surface area contributed by atoms with E-state index in [1.165, 1.54) is 6.08 Å². The Labute approximate surface area is 111 Å². The Hall–Kier alpha value is -1.33. The summed E-state index contributed by atoms with van der Waals surface area (Å²) in [6.45, 7) is 5.26. The highest BCUT2D eigenvalue weighted by Gasteiger charge is 2.13. The number of nitrogens with one attached hydrogen (secondary N) is 1. The van der Waals surface area contributed by atoms with Crippen LogP contribution in [0.15, 0.2) is 6.08 Å². The van der Waals surface area contributed by atoms with E-state index in [1.807, 2.05) is 6.92 Å². The van der Waals surface area contributed by atoms with Crippen molar-refractivity contribution in [3.63, 3.8) is 0 Å². The fourth-order valence-electron chi connectivity index (χ4n) is 1.36. The van der Waals surface area contributed by atoms with Gasteiger partial charge in [0.05, 0.1) is 11.3 Å². The number of aliphatic hydroxyl groups is 1. The molecule has 0 spiro atoms. The van der Waals surface area contributed by atoms with Crippen molar-refractivity contribution in [2.45, 2.75) is 26.4 Å². The first-order valence-corrected chi connectivity index (χ1v) is 5.96. The number of nitrogens with zero attached hydrogens (tertiary/aromatic N) is 2. The van der Waals surface area contributed by atoms with E-state index in [1.54, 1.807) is 31.7 Å². The van der Waals surface area contributed by atoms with Crippen LogP contribution in [0.1, 0.15) is 25.1 Å². The molecule has 1 rings (SSSR count). The molecule has 1 aromatic heterocycles. The van der Waals surface area contributed by atoms with Crippen LogP contribution in [-0.4, -0.2) is 32.9 Å². The van der Waals surface area contributed by atoms with Crippen molar-refractivity contribution in [2.24, 2.45) is 7.05 Å². The summed E-state index contributed by atoms with van der Waals surface area (Å²) >= 11 is 6.02. The number of hydrogen-bond donors (Lipinski definition) is 2. The Kier molecular flexibility index (Phi) is 4.53. The number of halogens is 1. The molecule has 6 heteroatoms. The summed E-state index contributed by atoms with van der Waals surface area (Å²) in [4.78, 5) is 11.5. The van der Waals surface area contributed by atoms with Crippen LogP contribution in [-0.2, 0) is 11.8 Å². The van der Waals surface area contributed by atoms with Gasteiger partial charge in [-0.1, -0.05) is 11.6 Å². The standard InChI is InChI=1S/C12H18ClN3O2/c1-8-9(11(13)16(4)15-8)5-6-10(17)14-7-12(2,3)18/h5-6,18H,7H2,1-4H3,(H,14,17). The first-order chi connectivity index (χ1) is 8.20. The van der Waals surface area contributed by atoms with Crippen molar-refractivity contribution in [1.82, 2.24) is 15.1 Å². The van der Waals surface area contributed by atoms with Gasteiger partial charge in [-0.15, -0.1) is 0 Å². The first kappa shape index (κ1) is 14.7. The second-order valence-corrected chi connectivity index (χ2v) is 5.14. The minimum atomic E-state index is -0.925. The molecule has 18 heavy (non-hydrogen) atoms. The molecule has 0 bridgehead atoms. The van der Waals surface area contributed by atoms with Gasteiger partial charge >= 0.3 is 0 Å². The van der Waals surface area contributed by atoms with Crippen LogP contribution in [0.5, 0.6) is 0 Å². The highest BCUT2D eigenvalue weighted by molar-refractivity contribution is 6.31. The highest BCUT2D eigenvalue weighted by Crippen LogP contribution is 2.19. The molecule has 1 amide bonds.